The summed E-state index contributed by atoms with van der Waals surface area (Å²) in [5.74, 6) is -0.298. The van der Waals surface area contributed by atoms with Gasteiger partial charge in [-0.2, -0.15) is 0 Å². The summed E-state index contributed by atoms with van der Waals surface area (Å²) in [6.07, 6.45) is 1.70. The molecule has 0 unspecified atom stereocenters. The number of benzene rings is 2. The Labute approximate surface area is 143 Å². The molecular formula is C18H14ClNO2S. The zero-order chi connectivity index (χ0) is 16.6. The minimum absolute atomic E-state index is 0.281. The summed E-state index contributed by atoms with van der Waals surface area (Å²) in [7, 11) is 0. The molecule has 0 spiro atoms. The van der Waals surface area contributed by atoms with E-state index < -0.39 is 0 Å². The van der Waals surface area contributed by atoms with Crippen LogP contribution < -0.4 is 4.90 Å². The third-order valence-electron chi connectivity index (χ3n) is 3.55. The number of carbonyl (C=O) groups is 2. The molecule has 0 saturated carbocycles. The third-order valence-corrected chi connectivity index (χ3v) is 4.65. The number of carbonyl (C=O) groups excluding carboxylic acids is 2. The number of aryl methyl sites for hydroxylation is 2. The Hall–Kier alpha value is -2.04. The number of hydrogen-bond donors (Lipinski definition) is 0. The third kappa shape index (κ3) is 3.19. The van der Waals surface area contributed by atoms with Gasteiger partial charge in [0.1, 0.15) is 0 Å². The van der Waals surface area contributed by atoms with Gasteiger partial charge in [0, 0.05) is 5.02 Å². The Kier molecular flexibility index (Phi) is 4.28. The molecule has 0 N–H and O–H groups in total. The molecule has 2 amide bonds. The normalized spacial score (nSPS) is 16.5. The molecule has 1 fully saturated rings. The number of anilines is 1. The van der Waals surface area contributed by atoms with Gasteiger partial charge in [-0.1, -0.05) is 35.9 Å². The highest BCUT2D eigenvalue weighted by atomic mass is 35.5. The van der Waals surface area contributed by atoms with E-state index in [1.54, 1.807) is 18.2 Å². The molecule has 3 rings (SSSR count). The molecule has 1 aliphatic heterocycles. The first-order valence-corrected chi connectivity index (χ1v) is 8.26. The molecule has 0 atom stereocenters. The van der Waals surface area contributed by atoms with E-state index in [9.17, 15) is 9.59 Å². The standard InChI is InChI=1S/C18H14ClNO2S/c1-11-6-7-12(2)15(8-11)20-17(21)16(23-18(20)22)10-13-4-3-5-14(19)9-13/h3-10H,1-2H3/b16-10-. The fourth-order valence-corrected chi connectivity index (χ4v) is 3.42. The monoisotopic (exact) mass is 343 g/mol. The molecule has 3 nitrogen and oxygen atoms in total. The smallest absolute Gasteiger partial charge is 0.268 e. The molecule has 5 heteroatoms. The van der Waals surface area contributed by atoms with E-state index in [0.29, 0.717) is 15.6 Å². The van der Waals surface area contributed by atoms with Crippen molar-refractivity contribution >= 4 is 46.3 Å². The Morgan fingerprint density at radius 3 is 2.61 bits per heavy atom. The summed E-state index contributed by atoms with van der Waals surface area (Å²) in [5.41, 5.74) is 3.33. The van der Waals surface area contributed by atoms with Crippen molar-refractivity contribution in [1.29, 1.82) is 0 Å². The Balaban J connectivity index is 1.99. The molecule has 2 aromatic carbocycles. The molecule has 0 radical (unpaired) electrons. The topological polar surface area (TPSA) is 37.4 Å². The average molecular weight is 344 g/mol. The largest absolute Gasteiger partial charge is 0.298 e. The summed E-state index contributed by atoms with van der Waals surface area (Å²) < 4.78 is 0. The highest BCUT2D eigenvalue weighted by Gasteiger charge is 2.36. The second-order valence-electron chi connectivity index (χ2n) is 5.36. The highest BCUT2D eigenvalue weighted by molar-refractivity contribution is 8.19. The van der Waals surface area contributed by atoms with Crippen LogP contribution in [0.1, 0.15) is 16.7 Å². The predicted octanol–water partition coefficient (Wildman–Crippen LogP) is 5.20. The van der Waals surface area contributed by atoms with Crippen molar-refractivity contribution in [3.05, 3.63) is 69.1 Å². The number of imide groups is 1. The van der Waals surface area contributed by atoms with Gasteiger partial charge in [0.05, 0.1) is 10.6 Å². The first kappa shape index (κ1) is 15.8. The van der Waals surface area contributed by atoms with Crippen LogP contribution in [0, 0.1) is 13.8 Å². The second kappa shape index (κ2) is 6.22. The number of amides is 2. The number of nitrogens with zero attached hydrogens (tertiary/aromatic N) is 1. The highest BCUT2D eigenvalue weighted by Crippen LogP contribution is 2.37. The lowest BCUT2D eigenvalue weighted by molar-refractivity contribution is -0.113. The van der Waals surface area contributed by atoms with Gasteiger partial charge in [-0.05, 0) is 66.6 Å². The van der Waals surface area contributed by atoms with Crippen molar-refractivity contribution in [2.45, 2.75) is 13.8 Å². The summed E-state index contributed by atoms with van der Waals surface area (Å²) >= 11 is 6.91. The molecule has 1 saturated heterocycles. The SMILES string of the molecule is Cc1ccc(C)c(N2C(=O)S/C(=C\c3cccc(Cl)c3)C2=O)c1. The van der Waals surface area contributed by atoms with Crippen LogP contribution >= 0.6 is 23.4 Å². The number of thioether (sulfide) groups is 1. The fourth-order valence-electron chi connectivity index (χ4n) is 2.38. The van der Waals surface area contributed by atoms with Gasteiger partial charge in [-0.3, -0.25) is 9.59 Å². The van der Waals surface area contributed by atoms with Crippen LogP contribution in [0.25, 0.3) is 6.08 Å². The average Bonchev–Trinajstić information content (AvgIpc) is 2.76. The maximum atomic E-state index is 12.7. The van der Waals surface area contributed by atoms with Gasteiger partial charge in [-0.25, -0.2) is 4.90 Å². The van der Waals surface area contributed by atoms with Crippen molar-refractivity contribution in [1.82, 2.24) is 0 Å². The van der Waals surface area contributed by atoms with Gasteiger partial charge in [0.2, 0.25) is 0 Å². The van der Waals surface area contributed by atoms with E-state index in [4.69, 9.17) is 11.6 Å². The van der Waals surface area contributed by atoms with Crippen LogP contribution in [0.3, 0.4) is 0 Å². The van der Waals surface area contributed by atoms with Gasteiger partial charge in [-0.15, -0.1) is 0 Å². The lowest BCUT2D eigenvalue weighted by Gasteiger charge is -2.16. The summed E-state index contributed by atoms with van der Waals surface area (Å²) in [6.45, 7) is 3.82. The molecular weight excluding hydrogens is 330 g/mol. The van der Waals surface area contributed by atoms with Crippen LogP contribution in [0.15, 0.2) is 47.4 Å². The Morgan fingerprint density at radius 1 is 1.09 bits per heavy atom. The lowest BCUT2D eigenvalue weighted by Crippen LogP contribution is -2.28. The van der Waals surface area contributed by atoms with Crippen LogP contribution in [-0.2, 0) is 4.79 Å². The van der Waals surface area contributed by atoms with E-state index in [-0.39, 0.29) is 11.1 Å². The Bertz CT molecular complexity index is 845. The van der Waals surface area contributed by atoms with Crippen LogP contribution in [-0.4, -0.2) is 11.1 Å². The maximum absolute atomic E-state index is 12.7. The van der Waals surface area contributed by atoms with Crippen molar-refractivity contribution in [3.63, 3.8) is 0 Å². The van der Waals surface area contributed by atoms with E-state index in [1.165, 1.54) is 4.90 Å². The number of halogens is 1. The molecule has 1 aliphatic rings. The lowest BCUT2D eigenvalue weighted by atomic mass is 10.1. The first-order chi connectivity index (χ1) is 11.0. The molecule has 0 bridgehead atoms. The molecule has 116 valence electrons. The fraction of sp³-hybridized carbons (Fsp3) is 0.111. The van der Waals surface area contributed by atoms with E-state index in [0.717, 1.165) is 28.5 Å². The molecule has 2 aromatic rings. The summed E-state index contributed by atoms with van der Waals surface area (Å²) in [4.78, 5) is 26.6. The van der Waals surface area contributed by atoms with Crippen LogP contribution in [0.2, 0.25) is 5.02 Å². The van der Waals surface area contributed by atoms with Crippen molar-refractivity contribution in [2.24, 2.45) is 0 Å². The zero-order valence-electron chi connectivity index (χ0n) is 12.7. The molecule has 0 aromatic heterocycles. The Morgan fingerprint density at radius 2 is 1.87 bits per heavy atom. The zero-order valence-corrected chi connectivity index (χ0v) is 14.2. The quantitative estimate of drug-likeness (QED) is 0.703. The number of hydrogen-bond acceptors (Lipinski definition) is 3. The van der Waals surface area contributed by atoms with Crippen LogP contribution in [0.4, 0.5) is 10.5 Å². The molecule has 0 aliphatic carbocycles. The van der Waals surface area contributed by atoms with Gasteiger partial charge in [0.25, 0.3) is 11.1 Å². The molecule has 1 heterocycles. The second-order valence-corrected chi connectivity index (χ2v) is 6.79. The maximum Gasteiger partial charge on any atom is 0.298 e. The van der Waals surface area contributed by atoms with Crippen molar-refractivity contribution in [2.75, 3.05) is 4.90 Å². The molecule has 23 heavy (non-hydrogen) atoms. The van der Waals surface area contributed by atoms with E-state index in [1.807, 2.05) is 44.2 Å². The summed E-state index contributed by atoms with van der Waals surface area (Å²) in [5, 5.41) is 0.310. The summed E-state index contributed by atoms with van der Waals surface area (Å²) in [6, 6.07) is 12.9. The van der Waals surface area contributed by atoms with Crippen LogP contribution in [0.5, 0.6) is 0 Å². The minimum atomic E-state index is -0.298. The minimum Gasteiger partial charge on any atom is -0.268 e. The van der Waals surface area contributed by atoms with Gasteiger partial charge < -0.3 is 0 Å². The first-order valence-electron chi connectivity index (χ1n) is 7.06. The van der Waals surface area contributed by atoms with E-state index in [2.05, 4.69) is 0 Å². The number of rotatable bonds is 2. The predicted molar refractivity (Wildman–Crippen MR) is 95.8 cm³/mol. The van der Waals surface area contributed by atoms with E-state index >= 15 is 0 Å². The van der Waals surface area contributed by atoms with Gasteiger partial charge in [0.15, 0.2) is 0 Å². The van der Waals surface area contributed by atoms with Crippen molar-refractivity contribution in [3.8, 4) is 0 Å². The van der Waals surface area contributed by atoms with Gasteiger partial charge >= 0.3 is 0 Å². The van der Waals surface area contributed by atoms with Crippen molar-refractivity contribution < 1.29 is 9.59 Å².